The summed E-state index contributed by atoms with van der Waals surface area (Å²) in [6.45, 7) is 2.94. The van der Waals surface area contributed by atoms with Gasteiger partial charge in [0.25, 0.3) is 0 Å². The summed E-state index contributed by atoms with van der Waals surface area (Å²) < 4.78 is 5.62. The number of nitrogens with one attached hydrogen (secondary N) is 1. The van der Waals surface area contributed by atoms with Gasteiger partial charge < -0.3 is 9.73 Å². The number of fused-ring (bicyclic) bond motifs is 1. The summed E-state index contributed by atoms with van der Waals surface area (Å²) in [5.41, 5.74) is 3.60. The van der Waals surface area contributed by atoms with E-state index in [9.17, 15) is 0 Å². The van der Waals surface area contributed by atoms with Crippen LogP contribution in [0, 0.1) is 6.92 Å². The van der Waals surface area contributed by atoms with Crippen molar-refractivity contribution in [3.63, 3.8) is 0 Å². The van der Waals surface area contributed by atoms with Crippen LogP contribution in [0.15, 0.2) is 22.6 Å². The van der Waals surface area contributed by atoms with Crippen molar-refractivity contribution >= 4 is 11.1 Å². The molecular formula is C14H18N2O. The van der Waals surface area contributed by atoms with E-state index in [0.29, 0.717) is 5.41 Å². The van der Waals surface area contributed by atoms with Crippen LogP contribution in [0.1, 0.15) is 30.7 Å². The van der Waals surface area contributed by atoms with E-state index in [1.165, 1.54) is 24.8 Å². The minimum atomic E-state index is 0.323. The van der Waals surface area contributed by atoms with Crippen molar-refractivity contribution in [2.24, 2.45) is 0 Å². The van der Waals surface area contributed by atoms with Gasteiger partial charge >= 0.3 is 0 Å². The van der Waals surface area contributed by atoms with Gasteiger partial charge in [0, 0.05) is 18.9 Å². The molecule has 0 unspecified atom stereocenters. The Hall–Kier alpha value is -1.35. The van der Waals surface area contributed by atoms with Crippen molar-refractivity contribution in [3.8, 4) is 0 Å². The number of likely N-dealkylation sites (N-methyl/N-ethyl adjacent to an activating group) is 1. The normalized spacial score (nSPS) is 18.2. The molecule has 0 radical (unpaired) electrons. The molecule has 3 heteroatoms. The minimum Gasteiger partial charge on any atom is -0.441 e. The summed E-state index contributed by atoms with van der Waals surface area (Å²) in [5.74, 6) is 0.744. The molecule has 3 rings (SSSR count). The smallest absolute Gasteiger partial charge is 0.192 e. The van der Waals surface area contributed by atoms with Gasteiger partial charge in [-0.05, 0) is 37.6 Å². The summed E-state index contributed by atoms with van der Waals surface area (Å²) >= 11 is 0. The van der Waals surface area contributed by atoms with Gasteiger partial charge in [0.2, 0.25) is 0 Å². The molecule has 90 valence electrons. The third-order valence-corrected chi connectivity index (χ3v) is 3.93. The zero-order valence-electron chi connectivity index (χ0n) is 10.4. The van der Waals surface area contributed by atoms with Crippen LogP contribution in [-0.4, -0.2) is 18.6 Å². The van der Waals surface area contributed by atoms with Gasteiger partial charge in [-0.2, -0.15) is 0 Å². The van der Waals surface area contributed by atoms with E-state index in [1.54, 1.807) is 0 Å². The molecule has 1 fully saturated rings. The first-order valence-electron chi connectivity index (χ1n) is 6.26. The van der Waals surface area contributed by atoms with Crippen LogP contribution in [-0.2, 0) is 5.41 Å². The Morgan fingerprint density at radius 1 is 1.41 bits per heavy atom. The number of hydrogen-bond acceptors (Lipinski definition) is 3. The molecule has 1 aliphatic carbocycles. The largest absolute Gasteiger partial charge is 0.441 e. The average molecular weight is 230 g/mol. The molecule has 17 heavy (non-hydrogen) atoms. The zero-order chi connectivity index (χ0) is 11.9. The standard InChI is InChI=1S/C14H18N2O/c1-10-16-12-5-4-11(8-13(12)17-10)14(9-15-2)6-3-7-14/h4-5,8,15H,3,6-7,9H2,1-2H3. The summed E-state index contributed by atoms with van der Waals surface area (Å²) in [6, 6.07) is 6.46. The van der Waals surface area contributed by atoms with Crippen molar-refractivity contribution in [2.45, 2.75) is 31.6 Å². The second-order valence-electron chi connectivity index (χ2n) is 5.08. The lowest BCUT2D eigenvalue weighted by atomic mass is 9.64. The van der Waals surface area contributed by atoms with E-state index in [1.807, 2.05) is 14.0 Å². The molecule has 0 atom stereocenters. The topological polar surface area (TPSA) is 38.1 Å². The molecule has 0 amide bonds. The molecule has 1 aromatic heterocycles. The first-order chi connectivity index (χ1) is 8.23. The highest BCUT2D eigenvalue weighted by molar-refractivity contribution is 5.73. The molecule has 1 aliphatic rings. The molecule has 1 heterocycles. The third-order valence-electron chi connectivity index (χ3n) is 3.93. The van der Waals surface area contributed by atoms with Crippen molar-refractivity contribution in [1.82, 2.24) is 10.3 Å². The molecular weight excluding hydrogens is 212 g/mol. The molecule has 0 spiro atoms. The maximum atomic E-state index is 5.62. The van der Waals surface area contributed by atoms with E-state index >= 15 is 0 Å². The van der Waals surface area contributed by atoms with Crippen molar-refractivity contribution in [1.29, 1.82) is 0 Å². The number of aromatic nitrogens is 1. The molecule has 0 aliphatic heterocycles. The maximum Gasteiger partial charge on any atom is 0.192 e. The van der Waals surface area contributed by atoms with E-state index < -0.39 is 0 Å². The third kappa shape index (κ3) is 1.65. The molecule has 3 nitrogen and oxygen atoms in total. The Bertz CT molecular complexity index is 540. The molecule has 0 bridgehead atoms. The molecule has 0 saturated heterocycles. The van der Waals surface area contributed by atoms with Crippen molar-refractivity contribution in [3.05, 3.63) is 29.7 Å². The SMILES string of the molecule is CNCC1(c2ccc3nc(C)oc3c2)CCC1. The van der Waals surface area contributed by atoms with Crippen LogP contribution in [0.3, 0.4) is 0 Å². The predicted octanol–water partition coefficient (Wildman–Crippen LogP) is 2.78. The zero-order valence-corrected chi connectivity index (χ0v) is 10.4. The van der Waals surface area contributed by atoms with Gasteiger partial charge in [0.15, 0.2) is 11.5 Å². The summed E-state index contributed by atoms with van der Waals surface area (Å²) in [4.78, 5) is 4.34. The van der Waals surface area contributed by atoms with Crippen LogP contribution in [0.5, 0.6) is 0 Å². The summed E-state index contributed by atoms with van der Waals surface area (Å²) in [5, 5.41) is 3.32. The number of oxazole rings is 1. The lowest BCUT2D eigenvalue weighted by Crippen LogP contribution is -2.42. The van der Waals surface area contributed by atoms with Gasteiger partial charge in [-0.25, -0.2) is 4.98 Å². The van der Waals surface area contributed by atoms with Crippen LogP contribution >= 0.6 is 0 Å². The number of hydrogen-bond donors (Lipinski definition) is 1. The Morgan fingerprint density at radius 3 is 2.88 bits per heavy atom. The first kappa shape index (κ1) is 10.8. The molecule has 1 aromatic carbocycles. The van der Waals surface area contributed by atoms with E-state index in [4.69, 9.17) is 4.42 Å². The first-order valence-corrected chi connectivity index (χ1v) is 6.26. The maximum absolute atomic E-state index is 5.62. The van der Waals surface area contributed by atoms with E-state index in [0.717, 1.165) is 23.5 Å². The Morgan fingerprint density at radius 2 is 2.24 bits per heavy atom. The highest BCUT2D eigenvalue weighted by Crippen LogP contribution is 2.43. The second-order valence-corrected chi connectivity index (χ2v) is 5.08. The average Bonchev–Trinajstić information content (AvgIpc) is 2.62. The van der Waals surface area contributed by atoms with Crippen LogP contribution < -0.4 is 5.32 Å². The minimum absolute atomic E-state index is 0.323. The van der Waals surface area contributed by atoms with E-state index in [2.05, 4.69) is 28.5 Å². The van der Waals surface area contributed by atoms with Gasteiger partial charge in [-0.15, -0.1) is 0 Å². The highest BCUT2D eigenvalue weighted by atomic mass is 16.3. The number of nitrogens with zero attached hydrogens (tertiary/aromatic N) is 1. The van der Waals surface area contributed by atoms with Gasteiger partial charge in [0.05, 0.1) is 0 Å². The molecule has 1 saturated carbocycles. The van der Waals surface area contributed by atoms with Gasteiger partial charge in [-0.1, -0.05) is 12.5 Å². The van der Waals surface area contributed by atoms with Crippen molar-refractivity contribution in [2.75, 3.05) is 13.6 Å². The van der Waals surface area contributed by atoms with Crippen LogP contribution in [0.25, 0.3) is 11.1 Å². The van der Waals surface area contributed by atoms with Gasteiger partial charge in [0.1, 0.15) is 5.52 Å². The lowest BCUT2D eigenvalue weighted by molar-refractivity contribution is 0.239. The predicted molar refractivity (Wildman–Crippen MR) is 68.2 cm³/mol. The fourth-order valence-electron chi connectivity index (χ4n) is 2.88. The van der Waals surface area contributed by atoms with Crippen LogP contribution in [0.2, 0.25) is 0 Å². The summed E-state index contributed by atoms with van der Waals surface area (Å²) in [6.07, 6.45) is 3.87. The molecule has 2 aromatic rings. The Labute approximate surface area is 101 Å². The number of rotatable bonds is 3. The quantitative estimate of drug-likeness (QED) is 0.881. The van der Waals surface area contributed by atoms with Crippen molar-refractivity contribution < 1.29 is 4.42 Å². The Kier molecular flexibility index (Phi) is 2.44. The lowest BCUT2D eigenvalue weighted by Gasteiger charge is -2.42. The summed E-state index contributed by atoms with van der Waals surface area (Å²) in [7, 11) is 2.02. The fraction of sp³-hybridized carbons (Fsp3) is 0.500. The van der Waals surface area contributed by atoms with Gasteiger partial charge in [-0.3, -0.25) is 0 Å². The number of benzene rings is 1. The second kappa shape index (κ2) is 3.84. The number of aryl methyl sites for hydroxylation is 1. The fourth-order valence-corrected chi connectivity index (χ4v) is 2.88. The van der Waals surface area contributed by atoms with Crippen LogP contribution in [0.4, 0.5) is 0 Å². The van der Waals surface area contributed by atoms with E-state index in [-0.39, 0.29) is 0 Å². The monoisotopic (exact) mass is 230 g/mol. The Balaban J connectivity index is 2.04. The highest BCUT2D eigenvalue weighted by Gasteiger charge is 2.38. The molecule has 1 N–H and O–H groups in total.